The standard InChI is InChI=1S/C14H19N3O2S2/c1-4-15-11(3)12-9-20-14(16-12)17-21(18,19)13-8-6-5-7-10(13)2/h5-9,11,15H,4H2,1-3H3,(H,16,17). The molecule has 0 fully saturated rings. The summed E-state index contributed by atoms with van der Waals surface area (Å²) in [4.78, 5) is 4.61. The van der Waals surface area contributed by atoms with E-state index in [1.54, 1.807) is 25.1 Å². The second-order valence-electron chi connectivity index (χ2n) is 4.73. The van der Waals surface area contributed by atoms with E-state index < -0.39 is 10.0 Å². The van der Waals surface area contributed by atoms with Gasteiger partial charge >= 0.3 is 0 Å². The number of benzene rings is 1. The highest BCUT2D eigenvalue weighted by Crippen LogP contribution is 2.24. The number of anilines is 1. The van der Waals surface area contributed by atoms with Gasteiger partial charge in [0.15, 0.2) is 5.13 Å². The Hall–Kier alpha value is -1.44. The van der Waals surface area contributed by atoms with E-state index in [0.717, 1.165) is 12.2 Å². The molecular weight excluding hydrogens is 306 g/mol. The lowest BCUT2D eigenvalue weighted by Crippen LogP contribution is -2.18. The fraction of sp³-hybridized carbons (Fsp3) is 0.357. The summed E-state index contributed by atoms with van der Waals surface area (Å²) < 4.78 is 27.3. The molecule has 1 unspecified atom stereocenters. The predicted octanol–water partition coefficient (Wildman–Crippen LogP) is 2.92. The average molecular weight is 325 g/mol. The molecule has 0 aliphatic carbocycles. The lowest BCUT2D eigenvalue weighted by atomic mass is 10.2. The fourth-order valence-corrected chi connectivity index (χ4v) is 4.27. The van der Waals surface area contributed by atoms with E-state index in [0.29, 0.717) is 10.7 Å². The third-order valence-electron chi connectivity index (χ3n) is 3.08. The van der Waals surface area contributed by atoms with Gasteiger partial charge in [0.25, 0.3) is 10.0 Å². The normalized spacial score (nSPS) is 13.1. The van der Waals surface area contributed by atoms with Crippen LogP contribution < -0.4 is 10.0 Å². The number of thiazole rings is 1. The fourth-order valence-electron chi connectivity index (χ4n) is 1.97. The topological polar surface area (TPSA) is 71.1 Å². The summed E-state index contributed by atoms with van der Waals surface area (Å²) in [6.07, 6.45) is 0. The third kappa shape index (κ3) is 3.81. The number of hydrogen-bond donors (Lipinski definition) is 2. The Kier molecular flexibility index (Phi) is 4.97. The molecule has 0 spiro atoms. The minimum Gasteiger partial charge on any atom is -0.309 e. The van der Waals surface area contributed by atoms with Crippen molar-refractivity contribution < 1.29 is 8.42 Å². The van der Waals surface area contributed by atoms with Gasteiger partial charge in [0, 0.05) is 11.4 Å². The van der Waals surface area contributed by atoms with Crippen molar-refractivity contribution in [2.24, 2.45) is 0 Å². The van der Waals surface area contributed by atoms with Crippen LogP contribution in [-0.2, 0) is 10.0 Å². The number of aromatic nitrogens is 1. The van der Waals surface area contributed by atoms with Crippen molar-refractivity contribution in [1.82, 2.24) is 10.3 Å². The van der Waals surface area contributed by atoms with Gasteiger partial charge in [-0.25, -0.2) is 13.4 Å². The molecule has 1 aromatic heterocycles. The molecule has 0 bridgehead atoms. The van der Waals surface area contributed by atoms with Crippen LogP contribution in [0.4, 0.5) is 5.13 Å². The number of rotatable bonds is 6. The molecule has 0 amide bonds. The Morgan fingerprint density at radius 2 is 2.05 bits per heavy atom. The average Bonchev–Trinajstić information content (AvgIpc) is 2.87. The SMILES string of the molecule is CCNC(C)c1csc(NS(=O)(=O)c2ccccc2C)n1. The van der Waals surface area contributed by atoms with Crippen molar-refractivity contribution in [3.8, 4) is 0 Å². The van der Waals surface area contributed by atoms with E-state index in [4.69, 9.17) is 0 Å². The van der Waals surface area contributed by atoms with E-state index in [1.165, 1.54) is 11.3 Å². The van der Waals surface area contributed by atoms with Gasteiger partial charge in [-0.15, -0.1) is 11.3 Å². The van der Waals surface area contributed by atoms with Gasteiger partial charge in [-0.3, -0.25) is 4.72 Å². The highest BCUT2D eigenvalue weighted by Gasteiger charge is 2.18. The van der Waals surface area contributed by atoms with E-state index in [1.807, 2.05) is 25.3 Å². The van der Waals surface area contributed by atoms with Crippen LogP contribution in [-0.4, -0.2) is 19.9 Å². The summed E-state index contributed by atoms with van der Waals surface area (Å²) in [5, 5.41) is 5.50. The smallest absolute Gasteiger partial charge is 0.263 e. The van der Waals surface area contributed by atoms with E-state index in [9.17, 15) is 8.42 Å². The van der Waals surface area contributed by atoms with Gasteiger partial charge in [-0.2, -0.15) is 0 Å². The van der Waals surface area contributed by atoms with Crippen LogP contribution in [0.3, 0.4) is 0 Å². The number of sulfonamides is 1. The number of nitrogens with one attached hydrogen (secondary N) is 2. The summed E-state index contributed by atoms with van der Waals surface area (Å²) in [6.45, 7) is 6.63. The zero-order valence-electron chi connectivity index (χ0n) is 12.3. The van der Waals surface area contributed by atoms with Gasteiger partial charge in [0.1, 0.15) is 0 Å². The zero-order chi connectivity index (χ0) is 15.5. The van der Waals surface area contributed by atoms with Crippen LogP contribution in [0, 0.1) is 6.92 Å². The summed E-state index contributed by atoms with van der Waals surface area (Å²) >= 11 is 1.29. The molecule has 1 aromatic carbocycles. The minimum atomic E-state index is -3.59. The monoisotopic (exact) mass is 325 g/mol. The molecule has 0 saturated carbocycles. The van der Waals surface area contributed by atoms with Crippen molar-refractivity contribution in [3.05, 3.63) is 40.9 Å². The van der Waals surface area contributed by atoms with Gasteiger partial charge in [-0.1, -0.05) is 25.1 Å². The molecule has 7 heteroatoms. The highest BCUT2D eigenvalue weighted by atomic mass is 32.2. The molecule has 2 aromatic rings. The molecule has 114 valence electrons. The van der Waals surface area contributed by atoms with Crippen molar-refractivity contribution in [2.75, 3.05) is 11.3 Å². The van der Waals surface area contributed by atoms with Crippen LogP contribution in [0.25, 0.3) is 0 Å². The first-order chi connectivity index (χ1) is 9.94. The van der Waals surface area contributed by atoms with E-state index in [2.05, 4.69) is 15.0 Å². The minimum absolute atomic E-state index is 0.1000. The van der Waals surface area contributed by atoms with Crippen molar-refractivity contribution in [2.45, 2.75) is 31.7 Å². The Balaban J connectivity index is 2.20. The predicted molar refractivity (Wildman–Crippen MR) is 86.2 cm³/mol. The lowest BCUT2D eigenvalue weighted by molar-refractivity contribution is 0.586. The second kappa shape index (κ2) is 6.55. The van der Waals surface area contributed by atoms with Crippen LogP contribution in [0.15, 0.2) is 34.5 Å². The maximum atomic E-state index is 12.4. The lowest BCUT2D eigenvalue weighted by Gasteiger charge is -2.09. The first kappa shape index (κ1) is 15.9. The summed E-state index contributed by atoms with van der Waals surface area (Å²) in [6, 6.07) is 6.99. The quantitative estimate of drug-likeness (QED) is 0.856. The summed E-state index contributed by atoms with van der Waals surface area (Å²) in [5.41, 5.74) is 1.55. The molecule has 0 radical (unpaired) electrons. The Morgan fingerprint density at radius 3 is 2.71 bits per heavy atom. The zero-order valence-corrected chi connectivity index (χ0v) is 13.9. The van der Waals surface area contributed by atoms with Crippen LogP contribution in [0.2, 0.25) is 0 Å². The first-order valence-corrected chi connectivity index (χ1v) is 9.07. The molecule has 5 nitrogen and oxygen atoms in total. The molecule has 0 aliphatic heterocycles. The molecule has 0 saturated heterocycles. The van der Waals surface area contributed by atoms with Gasteiger partial charge in [0.2, 0.25) is 0 Å². The molecule has 0 aliphatic rings. The maximum absolute atomic E-state index is 12.4. The first-order valence-electron chi connectivity index (χ1n) is 6.71. The number of hydrogen-bond acceptors (Lipinski definition) is 5. The van der Waals surface area contributed by atoms with Gasteiger partial charge < -0.3 is 5.32 Å². The number of nitrogens with zero attached hydrogens (tertiary/aromatic N) is 1. The van der Waals surface area contributed by atoms with Crippen LogP contribution >= 0.6 is 11.3 Å². The van der Waals surface area contributed by atoms with E-state index in [-0.39, 0.29) is 10.9 Å². The van der Waals surface area contributed by atoms with Crippen LogP contribution in [0.5, 0.6) is 0 Å². The number of aryl methyl sites for hydroxylation is 1. The van der Waals surface area contributed by atoms with Crippen molar-refractivity contribution in [3.63, 3.8) is 0 Å². The van der Waals surface area contributed by atoms with Crippen molar-refractivity contribution >= 4 is 26.5 Å². The molecule has 1 heterocycles. The Bertz CT molecular complexity index is 711. The van der Waals surface area contributed by atoms with Gasteiger partial charge in [-0.05, 0) is 32.0 Å². The third-order valence-corrected chi connectivity index (χ3v) is 5.49. The maximum Gasteiger partial charge on any atom is 0.263 e. The Labute approximate surface area is 129 Å². The molecule has 1 atom stereocenters. The largest absolute Gasteiger partial charge is 0.309 e. The summed E-state index contributed by atoms with van der Waals surface area (Å²) in [5.74, 6) is 0. The van der Waals surface area contributed by atoms with Crippen LogP contribution in [0.1, 0.15) is 31.1 Å². The van der Waals surface area contributed by atoms with Crippen molar-refractivity contribution in [1.29, 1.82) is 0 Å². The molecule has 21 heavy (non-hydrogen) atoms. The highest BCUT2D eigenvalue weighted by molar-refractivity contribution is 7.93. The molecule has 2 rings (SSSR count). The Morgan fingerprint density at radius 1 is 1.33 bits per heavy atom. The van der Waals surface area contributed by atoms with E-state index >= 15 is 0 Å². The summed E-state index contributed by atoms with van der Waals surface area (Å²) in [7, 11) is -3.59. The second-order valence-corrected chi connectivity index (χ2v) is 7.24. The van der Waals surface area contributed by atoms with Gasteiger partial charge in [0.05, 0.1) is 10.6 Å². The molecule has 2 N–H and O–H groups in total. The molecular formula is C14H19N3O2S2.